The van der Waals surface area contributed by atoms with Crippen molar-refractivity contribution in [2.24, 2.45) is 46.8 Å². The second-order valence-electron chi connectivity index (χ2n) is 10.7. The van der Waals surface area contributed by atoms with Crippen LogP contribution in [-0.4, -0.2) is 47.4 Å². The zero-order chi connectivity index (χ0) is 18.9. The molecule has 0 unspecified atom stereocenters. The highest BCUT2D eigenvalue weighted by molar-refractivity contribution is 6.04. The lowest BCUT2D eigenvalue weighted by Gasteiger charge is -2.71. The Hall–Kier alpha value is -1.59. The lowest BCUT2D eigenvalue weighted by atomic mass is 9.31. The van der Waals surface area contributed by atoms with E-state index >= 15 is 0 Å². The molecule has 1 saturated heterocycles. The molecular formula is C21H28N2O4. The van der Waals surface area contributed by atoms with Gasteiger partial charge in [0.15, 0.2) is 0 Å². The number of nitrogens with one attached hydrogen (secondary N) is 1. The summed E-state index contributed by atoms with van der Waals surface area (Å²) in [7, 11) is 0. The number of amides is 2. The summed E-state index contributed by atoms with van der Waals surface area (Å²) in [4.78, 5) is 40.2. The van der Waals surface area contributed by atoms with Gasteiger partial charge in [0.2, 0.25) is 5.91 Å². The molecular weight excluding hydrogens is 344 g/mol. The molecule has 27 heavy (non-hydrogen) atoms. The number of rotatable bonds is 2. The lowest BCUT2D eigenvalue weighted by molar-refractivity contribution is -0.256. The fourth-order valence-electron chi connectivity index (χ4n) is 8.37. The Bertz CT molecular complexity index is 765. The van der Waals surface area contributed by atoms with Gasteiger partial charge in [0.05, 0.1) is 5.41 Å². The van der Waals surface area contributed by atoms with Crippen LogP contribution in [0.3, 0.4) is 0 Å². The summed E-state index contributed by atoms with van der Waals surface area (Å²) in [6.07, 6.45) is 2.35. The lowest BCUT2D eigenvalue weighted by Crippen LogP contribution is -2.76. The first-order valence-corrected chi connectivity index (χ1v) is 10.6. The minimum Gasteiger partial charge on any atom is -0.444 e. The molecule has 7 rings (SSSR count). The first kappa shape index (κ1) is 16.4. The number of ether oxygens (including phenoxy) is 1. The largest absolute Gasteiger partial charge is 0.444 e. The van der Waals surface area contributed by atoms with Gasteiger partial charge < -0.3 is 15.0 Å². The van der Waals surface area contributed by atoms with Crippen LogP contribution in [-0.2, 0) is 14.3 Å². The van der Waals surface area contributed by atoms with E-state index in [-0.39, 0.29) is 35.3 Å². The third-order valence-electron chi connectivity index (χ3n) is 8.74. The van der Waals surface area contributed by atoms with E-state index in [1.807, 2.05) is 25.7 Å². The van der Waals surface area contributed by atoms with E-state index < -0.39 is 5.60 Å². The van der Waals surface area contributed by atoms with Crippen molar-refractivity contribution in [1.29, 1.82) is 0 Å². The molecule has 0 radical (unpaired) electrons. The van der Waals surface area contributed by atoms with E-state index in [9.17, 15) is 14.4 Å². The van der Waals surface area contributed by atoms with Gasteiger partial charge in [-0.15, -0.1) is 0 Å². The van der Waals surface area contributed by atoms with Crippen LogP contribution < -0.4 is 5.32 Å². The maximum absolute atomic E-state index is 13.5. The molecule has 1 heterocycles. The molecule has 6 saturated carbocycles. The van der Waals surface area contributed by atoms with Crippen molar-refractivity contribution in [1.82, 2.24) is 10.2 Å². The summed E-state index contributed by atoms with van der Waals surface area (Å²) in [5.41, 5.74) is -0.799. The first-order valence-electron chi connectivity index (χ1n) is 10.6. The third-order valence-corrected chi connectivity index (χ3v) is 8.74. The summed E-state index contributed by atoms with van der Waals surface area (Å²) >= 11 is 0. The molecule has 1 aliphatic heterocycles. The number of likely N-dealkylation sites (tertiary alicyclic amines) is 1. The molecule has 0 aromatic rings. The molecule has 4 bridgehead atoms. The Morgan fingerprint density at radius 1 is 1.15 bits per heavy atom. The number of piperidine rings is 1. The van der Waals surface area contributed by atoms with Crippen LogP contribution in [0.4, 0.5) is 4.79 Å². The number of hydrogen-bond donors (Lipinski definition) is 1. The normalized spacial score (nSPS) is 48.5. The molecule has 2 amide bonds. The number of alkyl carbamates (subject to hydrolysis) is 1. The molecule has 6 heteroatoms. The zero-order valence-corrected chi connectivity index (χ0v) is 16.2. The second kappa shape index (κ2) is 4.69. The number of hydrogen-bond acceptors (Lipinski definition) is 4. The van der Waals surface area contributed by atoms with E-state index in [2.05, 4.69) is 5.32 Å². The predicted octanol–water partition coefficient (Wildman–Crippen LogP) is 1.83. The van der Waals surface area contributed by atoms with Crippen LogP contribution in [0, 0.1) is 46.8 Å². The smallest absolute Gasteiger partial charge is 0.407 e. The Kier molecular flexibility index (Phi) is 2.84. The Morgan fingerprint density at radius 3 is 2.48 bits per heavy atom. The van der Waals surface area contributed by atoms with Crippen LogP contribution in [0.1, 0.15) is 40.0 Å². The molecule has 1 N–H and O–H groups in total. The van der Waals surface area contributed by atoms with Crippen molar-refractivity contribution in [3.05, 3.63) is 0 Å². The second-order valence-corrected chi connectivity index (χ2v) is 10.7. The van der Waals surface area contributed by atoms with Crippen LogP contribution in [0.2, 0.25) is 0 Å². The standard InChI is InChI=1S/C21H28N2O4/c1-20(2,3)27-19(26)22-9-4-6-23(7-5-9)18(25)21-14-11-8-10-12(14)16(21)17(24)13(10)15(11)21/h9-16H,4-8H2,1-3H3,(H,22,26)/t10-,11+,12-,13-,14+,15-,16+,21-/m0/s1. The minimum atomic E-state index is -0.503. The highest BCUT2D eigenvalue weighted by Crippen LogP contribution is 2.93. The third kappa shape index (κ3) is 1.68. The molecule has 8 atom stereocenters. The number of nitrogens with zero attached hydrogens (tertiary/aromatic N) is 1. The van der Waals surface area contributed by atoms with Crippen molar-refractivity contribution < 1.29 is 19.1 Å². The molecule has 0 spiro atoms. The zero-order valence-electron chi connectivity index (χ0n) is 16.2. The van der Waals surface area contributed by atoms with Crippen molar-refractivity contribution in [2.75, 3.05) is 13.1 Å². The molecule has 7 aliphatic rings. The van der Waals surface area contributed by atoms with E-state index in [4.69, 9.17) is 4.74 Å². The van der Waals surface area contributed by atoms with Crippen LogP contribution >= 0.6 is 0 Å². The number of carbonyl (C=O) groups is 3. The molecule has 6 aliphatic carbocycles. The summed E-state index contributed by atoms with van der Waals surface area (Å²) < 4.78 is 5.33. The van der Waals surface area contributed by atoms with E-state index in [1.165, 1.54) is 6.42 Å². The SMILES string of the molecule is CC(C)(C)OC(=O)NC1CCN(C(=O)[C@]23[C@@H]4[C@H]5C[C@@H]6[C@H](C(=O)[C@H]2[C@@H]64)[C@H]53)CC1. The maximum atomic E-state index is 13.5. The summed E-state index contributed by atoms with van der Waals surface area (Å²) in [6.45, 7) is 6.90. The minimum absolute atomic E-state index is 0.0551. The van der Waals surface area contributed by atoms with Crippen LogP contribution in [0.25, 0.3) is 0 Å². The molecule has 7 fully saturated rings. The van der Waals surface area contributed by atoms with Gasteiger partial charge in [-0.3, -0.25) is 9.59 Å². The maximum Gasteiger partial charge on any atom is 0.407 e. The Labute approximate surface area is 159 Å². The van der Waals surface area contributed by atoms with Gasteiger partial charge >= 0.3 is 6.09 Å². The van der Waals surface area contributed by atoms with Gasteiger partial charge in [-0.25, -0.2) is 4.79 Å². The van der Waals surface area contributed by atoms with Crippen molar-refractivity contribution in [2.45, 2.75) is 51.7 Å². The average molecular weight is 372 g/mol. The summed E-state index contributed by atoms with van der Waals surface area (Å²) in [6, 6.07) is 0.0551. The average Bonchev–Trinajstić information content (AvgIpc) is 3.08. The highest BCUT2D eigenvalue weighted by atomic mass is 16.6. The summed E-state index contributed by atoms with van der Waals surface area (Å²) in [5, 5.41) is 2.94. The van der Waals surface area contributed by atoms with Gasteiger partial charge in [-0.05, 0) is 69.6 Å². The van der Waals surface area contributed by atoms with Crippen LogP contribution in [0.5, 0.6) is 0 Å². The van der Waals surface area contributed by atoms with E-state index in [0.29, 0.717) is 48.5 Å². The number of Topliss-reactive ketones (excluding diaryl/α,β-unsaturated/α-hetero) is 1. The van der Waals surface area contributed by atoms with Gasteiger partial charge in [0, 0.05) is 31.0 Å². The fourth-order valence-corrected chi connectivity index (χ4v) is 8.37. The monoisotopic (exact) mass is 372 g/mol. The molecule has 6 nitrogen and oxygen atoms in total. The molecule has 0 aromatic carbocycles. The molecule has 146 valence electrons. The highest BCUT2D eigenvalue weighted by Gasteiger charge is 2.96. The Morgan fingerprint density at radius 2 is 1.85 bits per heavy atom. The number of carbonyl (C=O) groups excluding carboxylic acids is 3. The van der Waals surface area contributed by atoms with E-state index in [1.54, 1.807) is 0 Å². The predicted molar refractivity (Wildman–Crippen MR) is 95.5 cm³/mol. The van der Waals surface area contributed by atoms with Gasteiger partial charge in [-0.2, -0.15) is 0 Å². The van der Waals surface area contributed by atoms with Gasteiger partial charge in [-0.1, -0.05) is 0 Å². The number of ketones is 1. The van der Waals surface area contributed by atoms with E-state index in [0.717, 1.165) is 12.8 Å². The van der Waals surface area contributed by atoms with Crippen LogP contribution in [0.15, 0.2) is 0 Å². The van der Waals surface area contributed by atoms with Gasteiger partial charge in [0.25, 0.3) is 0 Å². The Balaban J connectivity index is 1.11. The fraction of sp³-hybridized carbons (Fsp3) is 0.857. The van der Waals surface area contributed by atoms with Crippen molar-refractivity contribution in [3.8, 4) is 0 Å². The first-order chi connectivity index (χ1) is 12.7. The topological polar surface area (TPSA) is 75.7 Å². The van der Waals surface area contributed by atoms with Gasteiger partial charge in [0.1, 0.15) is 11.4 Å². The molecule has 0 aromatic heterocycles. The van der Waals surface area contributed by atoms with Crippen molar-refractivity contribution in [3.63, 3.8) is 0 Å². The summed E-state index contributed by atoms with van der Waals surface area (Å²) in [5.74, 6) is 3.72. The van der Waals surface area contributed by atoms with Crippen molar-refractivity contribution >= 4 is 17.8 Å². The quantitative estimate of drug-likeness (QED) is 0.802.